The van der Waals surface area contributed by atoms with Crippen LogP contribution in [-0.4, -0.2) is 37.2 Å². The van der Waals surface area contributed by atoms with Crippen molar-refractivity contribution in [1.82, 2.24) is 0 Å². The molecule has 0 bridgehead atoms. The van der Waals surface area contributed by atoms with Gasteiger partial charge in [-0.15, -0.1) is 0 Å². The summed E-state index contributed by atoms with van der Waals surface area (Å²) >= 11 is 0. The number of rotatable bonds is 49. The van der Waals surface area contributed by atoms with Crippen molar-refractivity contribution in [2.75, 3.05) is 13.2 Å². The minimum absolute atomic E-state index is 0.0624. The van der Waals surface area contributed by atoms with Gasteiger partial charge in [-0.1, -0.05) is 265 Å². The first-order chi connectivity index (χ1) is 29.4. The van der Waals surface area contributed by atoms with E-state index >= 15 is 0 Å². The van der Waals surface area contributed by atoms with E-state index in [9.17, 15) is 14.4 Å². The Hall–Kier alpha value is -1.59. The van der Waals surface area contributed by atoms with Gasteiger partial charge in [0.1, 0.15) is 13.2 Å². The van der Waals surface area contributed by atoms with Crippen LogP contribution in [-0.2, 0) is 28.6 Å². The molecule has 0 aromatic carbocycles. The predicted octanol–water partition coefficient (Wildman–Crippen LogP) is 17.5. The predicted molar refractivity (Wildman–Crippen MR) is 257 cm³/mol. The average molecular weight is 849 g/mol. The molecule has 356 valence electrons. The lowest BCUT2D eigenvalue weighted by Crippen LogP contribution is -2.30. The number of esters is 3. The number of carbonyl (C=O) groups is 3. The third kappa shape index (κ3) is 45.9. The van der Waals surface area contributed by atoms with Crippen LogP contribution < -0.4 is 0 Å². The van der Waals surface area contributed by atoms with Crippen molar-refractivity contribution in [3.05, 3.63) is 0 Å². The smallest absolute Gasteiger partial charge is 0.306 e. The minimum atomic E-state index is -0.760. The van der Waals surface area contributed by atoms with E-state index in [1.807, 2.05) is 0 Å². The first-order valence-corrected chi connectivity index (χ1v) is 26.9. The van der Waals surface area contributed by atoms with Gasteiger partial charge in [0, 0.05) is 19.3 Å². The van der Waals surface area contributed by atoms with Gasteiger partial charge < -0.3 is 14.2 Å². The normalized spacial score (nSPS) is 12.4. The number of unbranched alkanes of at least 4 members (excludes halogenated alkanes) is 35. The molecule has 0 aromatic rings. The molecular weight excluding hydrogens is 745 g/mol. The number of hydrogen-bond acceptors (Lipinski definition) is 6. The Labute approximate surface area is 374 Å². The van der Waals surface area contributed by atoms with Gasteiger partial charge in [-0.05, 0) is 25.2 Å². The van der Waals surface area contributed by atoms with Crippen LogP contribution in [0.1, 0.15) is 304 Å². The Bertz CT molecular complexity index is 905. The summed E-state index contributed by atoms with van der Waals surface area (Å²) in [5, 5.41) is 0. The van der Waals surface area contributed by atoms with Crippen molar-refractivity contribution in [2.45, 2.75) is 310 Å². The zero-order valence-electron chi connectivity index (χ0n) is 40.9. The summed E-state index contributed by atoms with van der Waals surface area (Å²) in [4.78, 5) is 38.0. The van der Waals surface area contributed by atoms with E-state index in [1.54, 1.807) is 0 Å². The highest BCUT2D eigenvalue weighted by Crippen LogP contribution is 2.18. The lowest BCUT2D eigenvalue weighted by atomic mass is 9.99. The molecule has 2 atom stereocenters. The first-order valence-electron chi connectivity index (χ1n) is 26.9. The number of carbonyl (C=O) groups excluding carboxylic acids is 3. The lowest BCUT2D eigenvalue weighted by molar-refractivity contribution is -0.167. The standard InChI is InChI=1S/C54H104O6/c1-5-8-10-12-14-16-18-21-26-30-34-38-42-46-53(56)59-49-51(48-58-52(55)45-41-37-33-29-24-17-15-13-11-9-6-2)60-54(57)47-43-39-35-31-27-23-20-19-22-25-28-32-36-40-44-50(4)7-3/h50-51H,5-49H2,1-4H3/t50?,51-/m1/s1. The molecule has 0 amide bonds. The van der Waals surface area contributed by atoms with E-state index in [0.29, 0.717) is 19.3 Å². The van der Waals surface area contributed by atoms with E-state index in [2.05, 4.69) is 27.7 Å². The van der Waals surface area contributed by atoms with Gasteiger partial charge in [0.25, 0.3) is 0 Å². The monoisotopic (exact) mass is 849 g/mol. The van der Waals surface area contributed by atoms with E-state index in [-0.39, 0.29) is 31.1 Å². The summed E-state index contributed by atoms with van der Waals surface area (Å²) in [6.07, 6.45) is 50.8. The van der Waals surface area contributed by atoms with Crippen LogP contribution in [0.3, 0.4) is 0 Å². The maximum Gasteiger partial charge on any atom is 0.306 e. The summed E-state index contributed by atoms with van der Waals surface area (Å²) in [6, 6.07) is 0. The van der Waals surface area contributed by atoms with Crippen LogP contribution in [0.15, 0.2) is 0 Å². The second kappa shape index (κ2) is 48.4. The third-order valence-corrected chi connectivity index (χ3v) is 12.7. The maximum absolute atomic E-state index is 12.8. The minimum Gasteiger partial charge on any atom is -0.462 e. The van der Waals surface area contributed by atoms with Crippen molar-refractivity contribution >= 4 is 17.9 Å². The zero-order chi connectivity index (χ0) is 43.8. The quantitative estimate of drug-likeness (QED) is 0.0345. The highest BCUT2D eigenvalue weighted by atomic mass is 16.6. The molecular formula is C54H104O6. The molecule has 6 heteroatoms. The molecule has 0 N–H and O–H groups in total. The Kier molecular flexibility index (Phi) is 47.2. The van der Waals surface area contributed by atoms with Crippen molar-refractivity contribution in [2.24, 2.45) is 5.92 Å². The second-order valence-corrected chi connectivity index (χ2v) is 18.8. The summed E-state index contributed by atoms with van der Waals surface area (Å²) in [7, 11) is 0. The van der Waals surface area contributed by atoms with Gasteiger partial charge in [-0.25, -0.2) is 0 Å². The first kappa shape index (κ1) is 58.4. The van der Waals surface area contributed by atoms with Crippen molar-refractivity contribution in [3.8, 4) is 0 Å². The van der Waals surface area contributed by atoms with Crippen molar-refractivity contribution < 1.29 is 28.6 Å². The topological polar surface area (TPSA) is 78.9 Å². The van der Waals surface area contributed by atoms with Gasteiger partial charge >= 0.3 is 17.9 Å². The molecule has 0 heterocycles. The molecule has 6 nitrogen and oxygen atoms in total. The second-order valence-electron chi connectivity index (χ2n) is 18.8. The molecule has 0 fully saturated rings. The number of ether oxygens (including phenoxy) is 3. The zero-order valence-corrected chi connectivity index (χ0v) is 40.9. The fourth-order valence-electron chi connectivity index (χ4n) is 8.19. The van der Waals surface area contributed by atoms with Gasteiger partial charge in [0.05, 0.1) is 0 Å². The number of hydrogen-bond donors (Lipinski definition) is 0. The Morgan fingerprint density at radius 3 is 0.867 bits per heavy atom. The lowest BCUT2D eigenvalue weighted by Gasteiger charge is -2.18. The van der Waals surface area contributed by atoms with Crippen LogP contribution >= 0.6 is 0 Å². The molecule has 0 aliphatic carbocycles. The molecule has 0 radical (unpaired) electrons. The summed E-state index contributed by atoms with van der Waals surface area (Å²) in [5.41, 5.74) is 0. The average Bonchev–Trinajstić information content (AvgIpc) is 3.25. The van der Waals surface area contributed by atoms with Gasteiger partial charge in [0.15, 0.2) is 6.10 Å². The highest BCUT2D eigenvalue weighted by Gasteiger charge is 2.19. The summed E-state index contributed by atoms with van der Waals surface area (Å²) in [5.74, 6) is 0.0527. The molecule has 0 saturated heterocycles. The van der Waals surface area contributed by atoms with Crippen LogP contribution in [0.5, 0.6) is 0 Å². The molecule has 0 spiro atoms. The molecule has 0 aliphatic rings. The van der Waals surface area contributed by atoms with Crippen molar-refractivity contribution in [1.29, 1.82) is 0 Å². The third-order valence-electron chi connectivity index (χ3n) is 12.7. The molecule has 60 heavy (non-hydrogen) atoms. The molecule has 0 aliphatic heterocycles. The van der Waals surface area contributed by atoms with Crippen LogP contribution in [0.2, 0.25) is 0 Å². The van der Waals surface area contributed by atoms with Gasteiger partial charge in [-0.2, -0.15) is 0 Å². The molecule has 1 unspecified atom stereocenters. The van der Waals surface area contributed by atoms with Crippen molar-refractivity contribution in [3.63, 3.8) is 0 Å². The summed E-state index contributed by atoms with van der Waals surface area (Å²) in [6.45, 7) is 9.07. The van der Waals surface area contributed by atoms with Crippen LogP contribution in [0, 0.1) is 5.92 Å². The van der Waals surface area contributed by atoms with E-state index in [0.717, 1.165) is 63.7 Å². The van der Waals surface area contributed by atoms with Crippen LogP contribution in [0.25, 0.3) is 0 Å². The Morgan fingerprint density at radius 2 is 0.583 bits per heavy atom. The van der Waals surface area contributed by atoms with E-state index in [1.165, 1.54) is 199 Å². The van der Waals surface area contributed by atoms with Gasteiger partial charge in [0.2, 0.25) is 0 Å². The largest absolute Gasteiger partial charge is 0.462 e. The fourth-order valence-corrected chi connectivity index (χ4v) is 8.19. The Morgan fingerprint density at radius 1 is 0.333 bits per heavy atom. The highest BCUT2D eigenvalue weighted by molar-refractivity contribution is 5.71. The van der Waals surface area contributed by atoms with E-state index in [4.69, 9.17) is 14.2 Å². The molecule has 0 rings (SSSR count). The fraction of sp³-hybridized carbons (Fsp3) is 0.944. The summed E-state index contributed by atoms with van der Waals surface area (Å²) < 4.78 is 16.8. The molecule has 0 saturated carbocycles. The Balaban J connectivity index is 4.28. The SMILES string of the molecule is CCCCCCCCCCCCCCCC(=O)OC[C@@H](COC(=O)CCCCCCCCCCCCC)OC(=O)CCCCCCCCCCCCCCCCC(C)CC. The molecule has 0 aromatic heterocycles. The maximum atomic E-state index is 12.8. The van der Waals surface area contributed by atoms with Gasteiger partial charge in [-0.3, -0.25) is 14.4 Å². The van der Waals surface area contributed by atoms with Crippen LogP contribution in [0.4, 0.5) is 0 Å². The van der Waals surface area contributed by atoms with E-state index < -0.39 is 6.10 Å².